The molecule has 7 heteroatoms. The number of aromatic nitrogens is 1. The maximum Gasteiger partial charge on any atom is 0.354 e. The molecule has 2 aromatic rings. The molecule has 21 heavy (non-hydrogen) atoms. The van der Waals surface area contributed by atoms with Crippen molar-refractivity contribution in [3.05, 3.63) is 54.1 Å². The van der Waals surface area contributed by atoms with E-state index < -0.39 is 5.97 Å². The third kappa shape index (κ3) is 4.57. The van der Waals surface area contributed by atoms with E-state index in [1.54, 1.807) is 12.1 Å². The number of benzene rings is 1. The molecule has 2 rings (SSSR count). The van der Waals surface area contributed by atoms with Crippen molar-refractivity contribution in [1.29, 1.82) is 0 Å². The fraction of sp³-hybridized carbons (Fsp3) is 0.0714. The van der Waals surface area contributed by atoms with Crippen molar-refractivity contribution in [3.63, 3.8) is 0 Å². The summed E-state index contributed by atoms with van der Waals surface area (Å²) in [7, 11) is 0. The lowest BCUT2D eigenvalue weighted by Crippen LogP contribution is -2.14. The van der Waals surface area contributed by atoms with Crippen LogP contribution in [0.15, 0.2) is 47.5 Å². The maximum absolute atomic E-state index is 12.7. The minimum Gasteiger partial charge on any atom is -0.477 e. The van der Waals surface area contributed by atoms with Crippen molar-refractivity contribution in [2.45, 2.75) is 4.90 Å². The van der Waals surface area contributed by atoms with Gasteiger partial charge in [0.25, 0.3) is 0 Å². The van der Waals surface area contributed by atoms with Crippen molar-refractivity contribution in [2.75, 3.05) is 11.1 Å². The second-order valence-corrected chi connectivity index (χ2v) is 5.08. The summed E-state index contributed by atoms with van der Waals surface area (Å²) < 4.78 is 12.7. The van der Waals surface area contributed by atoms with Gasteiger partial charge in [0.2, 0.25) is 5.91 Å². The molecule has 0 atom stereocenters. The molecule has 0 unspecified atom stereocenters. The molecule has 0 radical (unpaired) electrons. The van der Waals surface area contributed by atoms with Crippen molar-refractivity contribution < 1.29 is 19.1 Å². The Morgan fingerprint density at radius 2 is 1.90 bits per heavy atom. The van der Waals surface area contributed by atoms with Gasteiger partial charge in [-0.2, -0.15) is 0 Å². The molecule has 0 fully saturated rings. The van der Waals surface area contributed by atoms with E-state index in [2.05, 4.69) is 10.3 Å². The molecular weight excluding hydrogens is 295 g/mol. The lowest BCUT2D eigenvalue weighted by atomic mass is 10.3. The highest BCUT2D eigenvalue weighted by atomic mass is 32.2. The smallest absolute Gasteiger partial charge is 0.354 e. The van der Waals surface area contributed by atoms with E-state index in [0.717, 1.165) is 4.90 Å². The zero-order valence-corrected chi connectivity index (χ0v) is 11.6. The largest absolute Gasteiger partial charge is 0.477 e. The molecular formula is C14H11FN2O3S. The van der Waals surface area contributed by atoms with Crippen molar-refractivity contribution >= 4 is 29.3 Å². The Kier molecular flexibility index (Phi) is 4.89. The van der Waals surface area contributed by atoms with Crippen molar-refractivity contribution in [2.24, 2.45) is 0 Å². The average molecular weight is 306 g/mol. The normalized spacial score (nSPS) is 10.1. The average Bonchev–Trinajstić information content (AvgIpc) is 2.47. The Balaban J connectivity index is 1.86. The number of halogens is 1. The lowest BCUT2D eigenvalue weighted by Gasteiger charge is -2.05. The van der Waals surface area contributed by atoms with Crippen LogP contribution in [0.3, 0.4) is 0 Å². The van der Waals surface area contributed by atoms with Crippen LogP contribution in [-0.4, -0.2) is 27.7 Å². The minimum absolute atomic E-state index is 0.0892. The summed E-state index contributed by atoms with van der Waals surface area (Å²) in [6, 6.07) is 8.62. The number of carbonyl (C=O) groups excluding carboxylic acids is 1. The van der Waals surface area contributed by atoms with E-state index in [1.165, 1.54) is 42.2 Å². The number of nitrogens with one attached hydrogen (secondary N) is 1. The van der Waals surface area contributed by atoms with Gasteiger partial charge < -0.3 is 10.4 Å². The summed E-state index contributed by atoms with van der Waals surface area (Å²) in [6.45, 7) is 0. The molecule has 0 aliphatic heterocycles. The number of pyridine rings is 1. The second kappa shape index (κ2) is 6.85. The molecule has 0 saturated heterocycles. The summed E-state index contributed by atoms with van der Waals surface area (Å²) in [4.78, 5) is 26.8. The van der Waals surface area contributed by atoms with Gasteiger partial charge in [0, 0.05) is 4.90 Å². The fourth-order valence-electron chi connectivity index (χ4n) is 1.47. The number of anilines is 1. The molecule has 0 aliphatic carbocycles. The third-order valence-electron chi connectivity index (χ3n) is 2.45. The van der Waals surface area contributed by atoms with E-state index in [1.807, 2.05) is 0 Å². The Bertz CT molecular complexity index is 644. The van der Waals surface area contributed by atoms with Gasteiger partial charge in [0.15, 0.2) is 0 Å². The lowest BCUT2D eigenvalue weighted by molar-refractivity contribution is -0.113. The first kappa shape index (κ1) is 15.0. The predicted octanol–water partition coefficient (Wildman–Crippen LogP) is 2.65. The van der Waals surface area contributed by atoms with Crippen LogP contribution < -0.4 is 5.32 Å². The van der Waals surface area contributed by atoms with Gasteiger partial charge in [-0.15, -0.1) is 11.8 Å². The highest BCUT2D eigenvalue weighted by molar-refractivity contribution is 8.00. The first-order valence-electron chi connectivity index (χ1n) is 5.92. The molecule has 2 N–H and O–H groups in total. The van der Waals surface area contributed by atoms with E-state index in [4.69, 9.17) is 5.11 Å². The van der Waals surface area contributed by atoms with Gasteiger partial charge in [-0.1, -0.05) is 0 Å². The van der Waals surface area contributed by atoms with Crippen LogP contribution in [0.4, 0.5) is 10.1 Å². The number of amides is 1. The van der Waals surface area contributed by atoms with E-state index >= 15 is 0 Å². The second-order valence-electron chi connectivity index (χ2n) is 4.03. The van der Waals surface area contributed by atoms with Crippen molar-refractivity contribution in [3.8, 4) is 0 Å². The molecule has 1 aromatic heterocycles. The van der Waals surface area contributed by atoms with Gasteiger partial charge in [0.1, 0.15) is 11.5 Å². The van der Waals surface area contributed by atoms with Crippen molar-refractivity contribution in [1.82, 2.24) is 4.98 Å². The molecule has 5 nitrogen and oxygen atoms in total. The SMILES string of the molecule is O=C(CSc1ccc(F)cc1)Nc1ccc(C(=O)O)nc1. The van der Waals surface area contributed by atoms with Crippen LogP contribution in [0.2, 0.25) is 0 Å². The molecule has 108 valence electrons. The quantitative estimate of drug-likeness (QED) is 0.830. The fourth-order valence-corrected chi connectivity index (χ4v) is 2.17. The van der Waals surface area contributed by atoms with Crippen LogP contribution in [0.25, 0.3) is 0 Å². The third-order valence-corrected chi connectivity index (χ3v) is 3.46. The van der Waals surface area contributed by atoms with E-state index in [0.29, 0.717) is 5.69 Å². The highest BCUT2D eigenvalue weighted by Crippen LogP contribution is 2.18. The van der Waals surface area contributed by atoms with Gasteiger partial charge >= 0.3 is 5.97 Å². The van der Waals surface area contributed by atoms with Gasteiger partial charge in [0.05, 0.1) is 17.6 Å². The highest BCUT2D eigenvalue weighted by Gasteiger charge is 2.07. The van der Waals surface area contributed by atoms with Gasteiger partial charge in [-0.25, -0.2) is 14.2 Å². The summed E-state index contributed by atoms with van der Waals surface area (Å²) in [5.41, 5.74) is 0.332. The first-order valence-corrected chi connectivity index (χ1v) is 6.91. The zero-order valence-electron chi connectivity index (χ0n) is 10.7. The molecule has 0 saturated carbocycles. The van der Waals surface area contributed by atoms with Crippen LogP contribution in [-0.2, 0) is 4.79 Å². The number of hydrogen-bond donors (Lipinski definition) is 2. The standard InChI is InChI=1S/C14H11FN2O3S/c15-9-1-4-11(5-2-9)21-8-13(18)17-10-3-6-12(14(19)20)16-7-10/h1-7H,8H2,(H,17,18)(H,19,20). The number of carbonyl (C=O) groups is 2. The Morgan fingerprint density at radius 3 is 2.48 bits per heavy atom. The summed E-state index contributed by atoms with van der Waals surface area (Å²) >= 11 is 1.27. The van der Waals surface area contributed by atoms with Gasteiger partial charge in [-0.3, -0.25) is 4.79 Å². The van der Waals surface area contributed by atoms with Crippen LogP contribution >= 0.6 is 11.8 Å². The maximum atomic E-state index is 12.7. The number of thioether (sulfide) groups is 1. The Hall–Kier alpha value is -2.41. The zero-order chi connectivity index (χ0) is 15.2. The number of rotatable bonds is 5. The molecule has 0 aliphatic rings. The Labute approximate surface area is 124 Å². The number of nitrogens with zero attached hydrogens (tertiary/aromatic N) is 1. The molecule has 0 bridgehead atoms. The van der Waals surface area contributed by atoms with Crippen LogP contribution in [0, 0.1) is 5.82 Å². The number of hydrogen-bond acceptors (Lipinski definition) is 4. The topological polar surface area (TPSA) is 79.3 Å². The minimum atomic E-state index is -1.13. The Morgan fingerprint density at radius 1 is 1.19 bits per heavy atom. The number of aromatic carboxylic acids is 1. The summed E-state index contributed by atoms with van der Waals surface area (Å²) in [5.74, 6) is -1.55. The summed E-state index contributed by atoms with van der Waals surface area (Å²) in [5, 5.41) is 11.3. The van der Waals surface area contributed by atoms with Crippen LogP contribution in [0.1, 0.15) is 10.5 Å². The van der Waals surface area contributed by atoms with E-state index in [-0.39, 0.29) is 23.2 Å². The summed E-state index contributed by atoms with van der Waals surface area (Å²) in [6.07, 6.45) is 1.28. The van der Waals surface area contributed by atoms with Crippen LogP contribution in [0.5, 0.6) is 0 Å². The number of carboxylic acids is 1. The molecule has 1 heterocycles. The molecule has 1 amide bonds. The number of carboxylic acid groups (broad SMARTS) is 1. The van der Waals surface area contributed by atoms with E-state index in [9.17, 15) is 14.0 Å². The molecule has 0 spiro atoms. The predicted molar refractivity (Wildman–Crippen MR) is 77.0 cm³/mol. The first-order chi connectivity index (χ1) is 10.0. The van der Waals surface area contributed by atoms with Gasteiger partial charge in [-0.05, 0) is 36.4 Å². The monoisotopic (exact) mass is 306 g/mol. The molecule has 1 aromatic carbocycles.